The molecule has 1 aliphatic heterocycles. The van der Waals surface area contributed by atoms with Gasteiger partial charge in [-0.05, 0) is 37.5 Å². The number of benzene rings is 1. The summed E-state index contributed by atoms with van der Waals surface area (Å²) in [7, 11) is 0. The highest BCUT2D eigenvalue weighted by Crippen LogP contribution is 2.62. The van der Waals surface area contributed by atoms with Gasteiger partial charge in [-0.2, -0.15) is 0 Å². The molecule has 0 radical (unpaired) electrons. The quantitative estimate of drug-likeness (QED) is 0.899. The van der Waals surface area contributed by atoms with E-state index in [9.17, 15) is 4.79 Å². The lowest BCUT2D eigenvalue weighted by Gasteiger charge is -2.63. The number of nitrogens with one attached hydrogen (secondary N) is 2. The summed E-state index contributed by atoms with van der Waals surface area (Å²) in [5.74, 6) is 0.479. The standard InChI is InChI=1S/C18H21N5O2/c24-17(20-12-3-1-4-13(11-12)23-9-8-19-22-23)21-15-14-5-10-25-16(14)18(15)6-2-7-18/h1,3-4,8-9,11,14-16H,2,5-7,10H2,(H2,20,21,24). The Morgan fingerprint density at radius 3 is 3.04 bits per heavy atom. The van der Waals surface area contributed by atoms with E-state index < -0.39 is 0 Å². The van der Waals surface area contributed by atoms with Crippen LogP contribution in [0.1, 0.15) is 25.7 Å². The Bertz CT molecular complexity index is 787. The molecule has 2 N–H and O–H groups in total. The molecule has 2 aromatic rings. The van der Waals surface area contributed by atoms with E-state index in [1.807, 2.05) is 24.3 Å². The van der Waals surface area contributed by atoms with Crippen LogP contribution in [-0.4, -0.2) is 39.8 Å². The molecule has 25 heavy (non-hydrogen) atoms. The molecule has 130 valence electrons. The van der Waals surface area contributed by atoms with Crippen LogP contribution in [0.2, 0.25) is 0 Å². The fourth-order valence-corrected chi connectivity index (χ4v) is 4.84. The van der Waals surface area contributed by atoms with Gasteiger partial charge in [-0.15, -0.1) is 5.10 Å². The molecule has 1 aromatic heterocycles. The highest BCUT2D eigenvalue weighted by molar-refractivity contribution is 5.90. The van der Waals surface area contributed by atoms with Crippen molar-refractivity contribution in [2.75, 3.05) is 11.9 Å². The predicted octanol–water partition coefficient (Wildman–Crippen LogP) is 2.35. The van der Waals surface area contributed by atoms with Gasteiger partial charge in [-0.1, -0.05) is 17.7 Å². The van der Waals surface area contributed by atoms with Crippen LogP contribution >= 0.6 is 0 Å². The van der Waals surface area contributed by atoms with Gasteiger partial charge in [0.2, 0.25) is 0 Å². The van der Waals surface area contributed by atoms with Gasteiger partial charge < -0.3 is 15.4 Å². The van der Waals surface area contributed by atoms with E-state index in [1.165, 1.54) is 19.3 Å². The van der Waals surface area contributed by atoms with Crippen molar-refractivity contribution < 1.29 is 9.53 Å². The fourth-order valence-electron chi connectivity index (χ4n) is 4.84. The number of fused-ring (bicyclic) bond motifs is 2. The maximum absolute atomic E-state index is 12.5. The molecule has 0 bridgehead atoms. The lowest BCUT2D eigenvalue weighted by molar-refractivity contribution is -0.171. The first-order valence-corrected chi connectivity index (χ1v) is 8.92. The first-order valence-electron chi connectivity index (χ1n) is 8.92. The van der Waals surface area contributed by atoms with Crippen LogP contribution in [0, 0.1) is 11.3 Å². The summed E-state index contributed by atoms with van der Waals surface area (Å²) in [6, 6.07) is 7.68. The Morgan fingerprint density at radius 2 is 2.28 bits per heavy atom. The lowest BCUT2D eigenvalue weighted by atomic mass is 9.46. The number of hydrogen-bond acceptors (Lipinski definition) is 4. The van der Waals surface area contributed by atoms with E-state index in [1.54, 1.807) is 17.1 Å². The van der Waals surface area contributed by atoms with Crippen LogP contribution in [0.25, 0.3) is 5.69 Å². The summed E-state index contributed by atoms with van der Waals surface area (Å²) in [6.07, 6.45) is 8.39. The highest BCUT2D eigenvalue weighted by Gasteiger charge is 2.66. The number of carbonyl (C=O) groups is 1. The Hall–Kier alpha value is -2.41. The topological polar surface area (TPSA) is 81.1 Å². The van der Waals surface area contributed by atoms with Gasteiger partial charge in [0, 0.05) is 29.7 Å². The number of aromatic nitrogens is 3. The van der Waals surface area contributed by atoms with Crippen molar-refractivity contribution in [1.29, 1.82) is 0 Å². The average molecular weight is 339 g/mol. The van der Waals surface area contributed by atoms with E-state index in [2.05, 4.69) is 20.9 Å². The van der Waals surface area contributed by atoms with E-state index in [4.69, 9.17) is 4.74 Å². The Morgan fingerprint density at radius 1 is 1.36 bits per heavy atom. The molecule has 2 saturated carbocycles. The molecule has 2 heterocycles. The zero-order chi connectivity index (χ0) is 16.9. The Kier molecular flexibility index (Phi) is 3.31. The van der Waals surface area contributed by atoms with Crippen molar-refractivity contribution >= 4 is 11.7 Å². The van der Waals surface area contributed by atoms with Gasteiger partial charge in [-0.3, -0.25) is 0 Å². The maximum Gasteiger partial charge on any atom is 0.319 e. The smallest absolute Gasteiger partial charge is 0.319 e. The maximum atomic E-state index is 12.5. The van der Waals surface area contributed by atoms with Gasteiger partial charge in [0.25, 0.3) is 0 Å². The van der Waals surface area contributed by atoms with Gasteiger partial charge >= 0.3 is 6.03 Å². The van der Waals surface area contributed by atoms with Crippen LogP contribution < -0.4 is 10.6 Å². The van der Waals surface area contributed by atoms with Crippen molar-refractivity contribution in [1.82, 2.24) is 20.3 Å². The van der Waals surface area contributed by atoms with E-state index in [-0.39, 0.29) is 17.5 Å². The zero-order valence-electron chi connectivity index (χ0n) is 13.9. The third-order valence-electron chi connectivity index (χ3n) is 6.11. The summed E-state index contributed by atoms with van der Waals surface area (Å²) in [5, 5.41) is 14.0. The molecule has 3 unspecified atom stereocenters. The fraction of sp³-hybridized carbons (Fsp3) is 0.500. The van der Waals surface area contributed by atoms with E-state index >= 15 is 0 Å². The predicted molar refractivity (Wildman–Crippen MR) is 91.4 cm³/mol. The number of rotatable bonds is 3. The normalized spacial score (nSPS) is 28.7. The van der Waals surface area contributed by atoms with Crippen LogP contribution in [0.5, 0.6) is 0 Å². The van der Waals surface area contributed by atoms with Crippen LogP contribution in [0.15, 0.2) is 36.7 Å². The second kappa shape index (κ2) is 5.56. The van der Waals surface area contributed by atoms with Gasteiger partial charge in [0.15, 0.2) is 0 Å². The SMILES string of the molecule is O=C(Nc1cccc(-n2ccnn2)c1)NC1C2CCOC2C12CCC2. The molecular weight excluding hydrogens is 318 g/mol. The Balaban J connectivity index is 1.27. The molecule has 5 rings (SSSR count). The molecule has 3 atom stereocenters. The van der Waals surface area contributed by atoms with Crippen LogP contribution in [0.3, 0.4) is 0 Å². The van der Waals surface area contributed by atoms with E-state index in [0.717, 1.165) is 24.4 Å². The molecule has 2 aliphatic carbocycles. The first-order chi connectivity index (χ1) is 12.3. The van der Waals surface area contributed by atoms with Gasteiger partial charge in [-0.25, -0.2) is 9.48 Å². The molecule has 2 amide bonds. The number of hydrogen-bond donors (Lipinski definition) is 2. The largest absolute Gasteiger partial charge is 0.377 e. The number of carbonyl (C=O) groups excluding carboxylic acids is 1. The van der Waals surface area contributed by atoms with Gasteiger partial charge in [0.05, 0.1) is 24.2 Å². The molecule has 3 fully saturated rings. The lowest BCUT2D eigenvalue weighted by Crippen LogP contribution is -2.72. The highest BCUT2D eigenvalue weighted by atomic mass is 16.5. The minimum absolute atomic E-state index is 0.141. The summed E-state index contributed by atoms with van der Waals surface area (Å²) < 4.78 is 7.57. The van der Waals surface area contributed by atoms with Gasteiger partial charge in [0.1, 0.15) is 0 Å². The number of nitrogens with zero attached hydrogens (tertiary/aromatic N) is 3. The molecular formula is C18H21N5O2. The molecule has 1 spiro atoms. The molecule has 3 aliphatic rings. The summed E-state index contributed by atoms with van der Waals surface area (Å²) in [4.78, 5) is 12.5. The third-order valence-corrected chi connectivity index (χ3v) is 6.11. The second-order valence-corrected chi connectivity index (χ2v) is 7.30. The second-order valence-electron chi connectivity index (χ2n) is 7.30. The Labute approximate surface area is 145 Å². The monoisotopic (exact) mass is 339 g/mol. The van der Waals surface area contributed by atoms with Crippen molar-refractivity contribution in [3.05, 3.63) is 36.7 Å². The zero-order valence-corrected chi connectivity index (χ0v) is 13.9. The van der Waals surface area contributed by atoms with Crippen molar-refractivity contribution in [3.8, 4) is 5.69 Å². The minimum Gasteiger partial charge on any atom is -0.377 e. The average Bonchev–Trinajstić information content (AvgIpc) is 3.22. The first kappa shape index (κ1) is 14.9. The summed E-state index contributed by atoms with van der Waals surface area (Å²) >= 11 is 0. The van der Waals surface area contributed by atoms with E-state index in [0.29, 0.717) is 12.0 Å². The number of urea groups is 1. The van der Waals surface area contributed by atoms with Crippen molar-refractivity contribution in [2.45, 2.75) is 37.8 Å². The number of ether oxygens (including phenoxy) is 1. The third kappa shape index (κ3) is 2.26. The van der Waals surface area contributed by atoms with Crippen LogP contribution in [-0.2, 0) is 4.74 Å². The summed E-state index contributed by atoms with van der Waals surface area (Å²) in [5.41, 5.74) is 1.80. The molecule has 1 saturated heterocycles. The number of amides is 2. The van der Waals surface area contributed by atoms with Crippen molar-refractivity contribution in [2.24, 2.45) is 11.3 Å². The molecule has 7 heteroatoms. The number of anilines is 1. The minimum atomic E-state index is -0.141. The van der Waals surface area contributed by atoms with Crippen LogP contribution in [0.4, 0.5) is 10.5 Å². The summed E-state index contributed by atoms with van der Waals surface area (Å²) in [6.45, 7) is 0.830. The van der Waals surface area contributed by atoms with Crippen molar-refractivity contribution in [3.63, 3.8) is 0 Å². The molecule has 1 aromatic carbocycles. The molecule has 7 nitrogen and oxygen atoms in total.